The van der Waals surface area contributed by atoms with Crippen molar-refractivity contribution in [1.29, 1.82) is 0 Å². The lowest BCUT2D eigenvalue weighted by molar-refractivity contribution is -0.145. The molecule has 0 spiro atoms. The number of carboxylic acid groups (broad SMARTS) is 1. The number of carbonyl (C=O) groups is 3. The largest absolute Gasteiger partial charge is 0.481 e. The standard InChI is InChI=1S/C12H21N3O4/c1-8(2)14(3)10(16)7-15-5-4-13-12(19)9(15)6-11(17)18/h8-9H,4-7H2,1-3H3,(H,13,19)(H,17,18). The Balaban J connectivity index is 2.70. The van der Waals surface area contributed by atoms with Crippen molar-refractivity contribution in [3.8, 4) is 0 Å². The first-order valence-corrected chi connectivity index (χ1v) is 6.32. The van der Waals surface area contributed by atoms with Crippen LogP contribution in [0.25, 0.3) is 0 Å². The topological polar surface area (TPSA) is 90.0 Å². The van der Waals surface area contributed by atoms with E-state index in [0.29, 0.717) is 13.1 Å². The van der Waals surface area contributed by atoms with Crippen molar-refractivity contribution in [2.75, 3.05) is 26.7 Å². The second kappa shape index (κ2) is 6.51. The average molecular weight is 271 g/mol. The molecule has 0 aromatic rings. The van der Waals surface area contributed by atoms with Gasteiger partial charge in [0, 0.05) is 26.2 Å². The molecule has 1 fully saturated rings. The number of nitrogens with zero attached hydrogens (tertiary/aromatic N) is 2. The van der Waals surface area contributed by atoms with Gasteiger partial charge < -0.3 is 15.3 Å². The van der Waals surface area contributed by atoms with Crippen molar-refractivity contribution in [1.82, 2.24) is 15.1 Å². The van der Waals surface area contributed by atoms with E-state index in [1.54, 1.807) is 16.8 Å². The highest BCUT2D eigenvalue weighted by atomic mass is 16.4. The zero-order valence-electron chi connectivity index (χ0n) is 11.5. The molecule has 1 heterocycles. The number of hydrogen-bond donors (Lipinski definition) is 2. The van der Waals surface area contributed by atoms with Gasteiger partial charge in [-0.2, -0.15) is 0 Å². The summed E-state index contributed by atoms with van der Waals surface area (Å²) in [5.74, 6) is -1.48. The third-order valence-electron chi connectivity index (χ3n) is 3.32. The molecule has 19 heavy (non-hydrogen) atoms. The SMILES string of the molecule is CC(C)N(C)C(=O)CN1CCNC(=O)C1CC(=O)O. The Hall–Kier alpha value is -1.63. The summed E-state index contributed by atoms with van der Waals surface area (Å²) in [4.78, 5) is 37.7. The third-order valence-corrected chi connectivity index (χ3v) is 3.32. The number of amides is 2. The molecule has 0 bridgehead atoms. The van der Waals surface area contributed by atoms with Crippen LogP contribution in [0.2, 0.25) is 0 Å². The fourth-order valence-corrected chi connectivity index (χ4v) is 1.91. The lowest BCUT2D eigenvalue weighted by Crippen LogP contribution is -2.58. The van der Waals surface area contributed by atoms with E-state index in [0.717, 1.165) is 0 Å². The first-order chi connectivity index (χ1) is 8.82. The molecule has 1 saturated heterocycles. The molecule has 1 atom stereocenters. The maximum Gasteiger partial charge on any atom is 0.305 e. The second-order valence-corrected chi connectivity index (χ2v) is 4.97. The molecule has 1 rings (SSSR count). The minimum Gasteiger partial charge on any atom is -0.481 e. The van der Waals surface area contributed by atoms with Crippen LogP contribution < -0.4 is 5.32 Å². The highest BCUT2D eigenvalue weighted by Crippen LogP contribution is 2.10. The van der Waals surface area contributed by atoms with Crippen LogP contribution in [-0.2, 0) is 14.4 Å². The molecule has 1 aliphatic heterocycles. The van der Waals surface area contributed by atoms with Gasteiger partial charge in [0.1, 0.15) is 6.04 Å². The number of carboxylic acids is 1. The number of piperazine rings is 1. The van der Waals surface area contributed by atoms with Crippen molar-refractivity contribution >= 4 is 17.8 Å². The summed E-state index contributed by atoms with van der Waals surface area (Å²) in [5.41, 5.74) is 0. The molecule has 7 heteroatoms. The van der Waals surface area contributed by atoms with E-state index in [2.05, 4.69) is 5.32 Å². The number of nitrogens with one attached hydrogen (secondary N) is 1. The van der Waals surface area contributed by atoms with Gasteiger partial charge in [-0.05, 0) is 13.8 Å². The molecule has 2 N–H and O–H groups in total. The van der Waals surface area contributed by atoms with Gasteiger partial charge in [0.05, 0.1) is 13.0 Å². The molecule has 0 aromatic heterocycles. The Morgan fingerprint density at radius 3 is 2.68 bits per heavy atom. The summed E-state index contributed by atoms with van der Waals surface area (Å²) in [6.07, 6.45) is -0.287. The van der Waals surface area contributed by atoms with E-state index < -0.39 is 12.0 Å². The van der Waals surface area contributed by atoms with Gasteiger partial charge >= 0.3 is 5.97 Å². The summed E-state index contributed by atoms with van der Waals surface area (Å²) in [6, 6.07) is -0.695. The predicted octanol–water partition coefficient (Wildman–Crippen LogP) is -0.872. The molecule has 0 saturated carbocycles. The monoisotopic (exact) mass is 271 g/mol. The van der Waals surface area contributed by atoms with Crippen LogP contribution in [0, 0.1) is 0 Å². The van der Waals surface area contributed by atoms with Crippen molar-refractivity contribution in [2.24, 2.45) is 0 Å². The maximum atomic E-state index is 12.0. The molecule has 0 aliphatic carbocycles. The molecule has 7 nitrogen and oxygen atoms in total. The normalized spacial score (nSPS) is 20.2. The molecule has 1 unspecified atom stereocenters. The molecule has 0 aromatic carbocycles. The number of likely N-dealkylation sites (N-methyl/N-ethyl adjacent to an activating group) is 1. The van der Waals surface area contributed by atoms with Crippen molar-refractivity contribution in [2.45, 2.75) is 32.4 Å². The summed E-state index contributed by atoms with van der Waals surface area (Å²) in [5, 5.41) is 11.5. The smallest absolute Gasteiger partial charge is 0.305 e. The molecular weight excluding hydrogens is 250 g/mol. The first kappa shape index (κ1) is 15.4. The van der Waals surface area contributed by atoms with Gasteiger partial charge in [-0.25, -0.2) is 0 Å². The number of carbonyl (C=O) groups excluding carboxylic acids is 2. The highest BCUT2D eigenvalue weighted by molar-refractivity contribution is 5.87. The molecule has 1 aliphatic rings. The summed E-state index contributed by atoms with van der Waals surface area (Å²) in [6.45, 7) is 4.79. The molecule has 0 radical (unpaired) electrons. The molecule has 108 valence electrons. The second-order valence-electron chi connectivity index (χ2n) is 4.97. The van der Waals surface area contributed by atoms with E-state index in [1.165, 1.54) is 0 Å². The van der Waals surface area contributed by atoms with Crippen LogP contribution in [0.3, 0.4) is 0 Å². The lowest BCUT2D eigenvalue weighted by Gasteiger charge is -2.35. The average Bonchev–Trinajstić information content (AvgIpc) is 2.32. The van der Waals surface area contributed by atoms with E-state index in [4.69, 9.17) is 5.11 Å². The van der Waals surface area contributed by atoms with Crippen LogP contribution in [0.15, 0.2) is 0 Å². The predicted molar refractivity (Wildman–Crippen MR) is 68.5 cm³/mol. The Morgan fingerprint density at radius 1 is 1.53 bits per heavy atom. The van der Waals surface area contributed by atoms with Gasteiger partial charge in [0.25, 0.3) is 0 Å². The summed E-state index contributed by atoms with van der Waals surface area (Å²) >= 11 is 0. The Kier molecular flexibility index (Phi) is 5.29. The zero-order valence-corrected chi connectivity index (χ0v) is 11.5. The van der Waals surface area contributed by atoms with E-state index >= 15 is 0 Å². The third kappa shape index (κ3) is 4.20. The zero-order chi connectivity index (χ0) is 14.6. The van der Waals surface area contributed by atoms with Crippen LogP contribution >= 0.6 is 0 Å². The minimum absolute atomic E-state index is 0.0695. The van der Waals surface area contributed by atoms with Crippen LogP contribution in [0.1, 0.15) is 20.3 Å². The van der Waals surface area contributed by atoms with Gasteiger partial charge in [0.2, 0.25) is 11.8 Å². The Bertz CT molecular complexity index is 370. The Morgan fingerprint density at radius 2 is 2.16 bits per heavy atom. The quantitative estimate of drug-likeness (QED) is 0.678. The highest BCUT2D eigenvalue weighted by Gasteiger charge is 2.33. The number of rotatable bonds is 5. The fraction of sp³-hybridized carbons (Fsp3) is 0.750. The lowest BCUT2D eigenvalue weighted by atomic mass is 10.1. The molecule has 2 amide bonds. The van der Waals surface area contributed by atoms with Gasteiger partial charge in [-0.1, -0.05) is 0 Å². The Labute approximate surface area is 112 Å². The van der Waals surface area contributed by atoms with Crippen molar-refractivity contribution in [3.63, 3.8) is 0 Å². The molecular formula is C12H21N3O4. The van der Waals surface area contributed by atoms with Crippen LogP contribution in [0.4, 0.5) is 0 Å². The number of aliphatic carboxylic acids is 1. The van der Waals surface area contributed by atoms with E-state index in [1.807, 2.05) is 13.8 Å². The van der Waals surface area contributed by atoms with Crippen molar-refractivity contribution < 1.29 is 19.5 Å². The fourth-order valence-electron chi connectivity index (χ4n) is 1.91. The summed E-state index contributed by atoms with van der Waals surface area (Å²) in [7, 11) is 1.70. The summed E-state index contributed by atoms with van der Waals surface area (Å²) < 4.78 is 0. The van der Waals surface area contributed by atoms with Crippen molar-refractivity contribution in [3.05, 3.63) is 0 Å². The minimum atomic E-state index is -1.04. The van der Waals surface area contributed by atoms with Gasteiger partial charge in [0.15, 0.2) is 0 Å². The first-order valence-electron chi connectivity index (χ1n) is 6.32. The van der Waals surface area contributed by atoms with Crippen LogP contribution in [0.5, 0.6) is 0 Å². The van der Waals surface area contributed by atoms with Gasteiger partial charge in [-0.15, -0.1) is 0 Å². The number of hydrogen-bond acceptors (Lipinski definition) is 4. The van der Waals surface area contributed by atoms with Gasteiger partial charge in [-0.3, -0.25) is 19.3 Å². The maximum absolute atomic E-state index is 12.0. The van der Waals surface area contributed by atoms with E-state index in [9.17, 15) is 14.4 Å². The van der Waals surface area contributed by atoms with Crippen LogP contribution in [-0.4, -0.2) is 71.5 Å². The van der Waals surface area contributed by atoms with E-state index in [-0.39, 0.29) is 30.8 Å².